The van der Waals surface area contributed by atoms with Crippen molar-refractivity contribution in [2.75, 3.05) is 52.4 Å². The van der Waals surface area contributed by atoms with Crippen molar-refractivity contribution in [2.45, 2.75) is 25.0 Å². The van der Waals surface area contributed by atoms with Crippen LogP contribution in [0.2, 0.25) is 0 Å². The van der Waals surface area contributed by atoms with Crippen LogP contribution in [-0.4, -0.2) is 85.6 Å². The second-order valence-corrected chi connectivity index (χ2v) is 7.32. The van der Waals surface area contributed by atoms with Gasteiger partial charge in [-0.3, -0.25) is 9.80 Å². The molecule has 152 valence electrons. The first-order valence-electron chi connectivity index (χ1n) is 9.82. The zero-order valence-electron chi connectivity index (χ0n) is 16.0. The summed E-state index contributed by atoms with van der Waals surface area (Å²) in [5.74, 6) is 0.797. The molecule has 1 aromatic carbocycles. The summed E-state index contributed by atoms with van der Waals surface area (Å²) in [7, 11) is 0. The highest BCUT2D eigenvalue weighted by Crippen LogP contribution is 2.19. The van der Waals surface area contributed by atoms with E-state index < -0.39 is 6.09 Å². The zero-order chi connectivity index (χ0) is 19.8. The maximum atomic E-state index is 10.5. The molecule has 2 heterocycles. The molecule has 1 amide bonds. The average Bonchev–Trinajstić information content (AvgIpc) is 2.68. The fraction of sp³-hybridized carbons (Fsp3) is 0.600. The van der Waals surface area contributed by atoms with Crippen molar-refractivity contribution in [3.63, 3.8) is 0 Å². The smallest absolute Gasteiger partial charge is 0.404 e. The lowest BCUT2D eigenvalue weighted by Crippen LogP contribution is -2.59. The van der Waals surface area contributed by atoms with Gasteiger partial charge in [0.05, 0.1) is 30.4 Å². The Bertz CT molecular complexity index is 662. The Morgan fingerprint density at radius 1 is 1.14 bits per heavy atom. The summed E-state index contributed by atoms with van der Waals surface area (Å²) in [5, 5.41) is 19.8. The average molecular weight is 388 g/mol. The first kappa shape index (κ1) is 20.4. The summed E-state index contributed by atoms with van der Waals surface area (Å²) >= 11 is 0. The molecule has 0 saturated carbocycles. The maximum absolute atomic E-state index is 10.5. The van der Waals surface area contributed by atoms with Gasteiger partial charge in [0, 0.05) is 45.8 Å². The third kappa shape index (κ3) is 6.37. The van der Waals surface area contributed by atoms with Gasteiger partial charge in [-0.15, -0.1) is 0 Å². The van der Waals surface area contributed by atoms with E-state index in [1.165, 1.54) is 0 Å². The molecule has 2 unspecified atom stereocenters. The number of ether oxygens (including phenoxy) is 2. The zero-order valence-corrected chi connectivity index (χ0v) is 16.0. The van der Waals surface area contributed by atoms with Crippen molar-refractivity contribution in [3.05, 3.63) is 29.8 Å². The Morgan fingerprint density at radius 3 is 2.32 bits per heavy atom. The van der Waals surface area contributed by atoms with E-state index in [9.17, 15) is 4.79 Å². The number of benzene rings is 1. The highest BCUT2D eigenvalue weighted by Gasteiger charge is 2.34. The fourth-order valence-electron chi connectivity index (χ4n) is 3.83. The van der Waals surface area contributed by atoms with Gasteiger partial charge in [0.1, 0.15) is 5.75 Å². The molecule has 8 heteroatoms. The number of nitriles is 1. The molecule has 2 saturated heterocycles. The molecule has 0 radical (unpaired) electrons. The quantitative estimate of drug-likeness (QED) is 0.617. The summed E-state index contributed by atoms with van der Waals surface area (Å²) in [4.78, 5) is 15.3. The highest BCUT2D eigenvalue weighted by molar-refractivity contribution is 5.64. The van der Waals surface area contributed by atoms with Crippen molar-refractivity contribution >= 4 is 6.09 Å². The first-order chi connectivity index (χ1) is 13.6. The Labute approximate surface area is 165 Å². The number of fused-ring (bicyclic) bond motifs is 2. The molecule has 8 nitrogen and oxygen atoms in total. The molecule has 2 N–H and O–H groups in total. The van der Waals surface area contributed by atoms with E-state index >= 15 is 0 Å². The van der Waals surface area contributed by atoms with Crippen molar-refractivity contribution in [2.24, 2.45) is 0 Å². The first-order valence-corrected chi connectivity index (χ1v) is 9.82. The van der Waals surface area contributed by atoms with Crippen LogP contribution in [0.5, 0.6) is 5.75 Å². The van der Waals surface area contributed by atoms with Gasteiger partial charge < -0.3 is 19.9 Å². The summed E-state index contributed by atoms with van der Waals surface area (Å²) < 4.78 is 11.8. The van der Waals surface area contributed by atoms with E-state index in [2.05, 4.69) is 21.2 Å². The second-order valence-electron chi connectivity index (χ2n) is 7.32. The number of morpholine rings is 2. The Balaban J connectivity index is 1.31. The van der Waals surface area contributed by atoms with Crippen LogP contribution in [0.1, 0.15) is 18.4 Å². The van der Waals surface area contributed by atoms with Crippen molar-refractivity contribution in [1.82, 2.24) is 15.1 Å². The topological polar surface area (TPSA) is 98.1 Å². The van der Waals surface area contributed by atoms with Gasteiger partial charge in [-0.2, -0.15) is 5.26 Å². The highest BCUT2D eigenvalue weighted by atomic mass is 16.5. The van der Waals surface area contributed by atoms with Gasteiger partial charge >= 0.3 is 6.09 Å². The van der Waals surface area contributed by atoms with Gasteiger partial charge in [-0.25, -0.2) is 4.79 Å². The van der Waals surface area contributed by atoms with Gasteiger partial charge in [0.25, 0.3) is 0 Å². The lowest BCUT2D eigenvalue weighted by Gasteiger charge is -2.46. The van der Waals surface area contributed by atoms with E-state index in [0.29, 0.717) is 18.7 Å². The molecular formula is C20H28N4O4. The van der Waals surface area contributed by atoms with E-state index in [0.717, 1.165) is 57.9 Å². The van der Waals surface area contributed by atoms with Crippen LogP contribution < -0.4 is 10.1 Å². The molecule has 2 bridgehead atoms. The molecule has 1 aromatic rings. The number of carboxylic acid groups (broad SMARTS) is 1. The summed E-state index contributed by atoms with van der Waals surface area (Å²) in [5.41, 5.74) is 0.638. The van der Waals surface area contributed by atoms with E-state index in [-0.39, 0.29) is 12.2 Å². The van der Waals surface area contributed by atoms with Crippen LogP contribution in [0.3, 0.4) is 0 Å². The molecule has 2 fully saturated rings. The van der Waals surface area contributed by atoms with Gasteiger partial charge in [0.2, 0.25) is 0 Å². The van der Waals surface area contributed by atoms with E-state index in [1.54, 1.807) is 12.1 Å². The third-order valence-corrected chi connectivity index (χ3v) is 5.03. The normalized spacial score (nSPS) is 22.4. The molecule has 3 rings (SSSR count). The molecule has 0 spiro atoms. The van der Waals surface area contributed by atoms with Crippen molar-refractivity contribution in [3.8, 4) is 11.8 Å². The number of amides is 1. The minimum absolute atomic E-state index is 0.222. The van der Waals surface area contributed by atoms with Gasteiger partial charge in [-0.1, -0.05) is 0 Å². The SMILES string of the molecule is N#Cc1ccc(OCCCN2CC3CN(CCCNC(=O)O)CC(C2)O3)cc1. The van der Waals surface area contributed by atoms with Crippen molar-refractivity contribution < 1.29 is 19.4 Å². The minimum atomic E-state index is -0.961. The van der Waals surface area contributed by atoms with Crippen LogP contribution in [0.4, 0.5) is 4.79 Å². The number of rotatable bonds is 9. The van der Waals surface area contributed by atoms with Crippen LogP contribution in [0.25, 0.3) is 0 Å². The predicted molar refractivity (Wildman–Crippen MR) is 103 cm³/mol. The largest absolute Gasteiger partial charge is 0.494 e. The van der Waals surface area contributed by atoms with Crippen LogP contribution in [-0.2, 0) is 4.74 Å². The lowest BCUT2D eigenvalue weighted by atomic mass is 10.1. The molecule has 2 atom stereocenters. The number of hydrogen-bond acceptors (Lipinski definition) is 6. The van der Waals surface area contributed by atoms with Crippen LogP contribution in [0.15, 0.2) is 24.3 Å². The number of nitrogens with zero attached hydrogens (tertiary/aromatic N) is 3. The van der Waals surface area contributed by atoms with Crippen molar-refractivity contribution in [1.29, 1.82) is 5.26 Å². The van der Waals surface area contributed by atoms with Crippen LogP contribution >= 0.6 is 0 Å². The fourth-order valence-corrected chi connectivity index (χ4v) is 3.83. The Morgan fingerprint density at radius 2 is 1.75 bits per heavy atom. The van der Waals surface area contributed by atoms with Gasteiger partial charge in [-0.05, 0) is 37.1 Å². The number of hydrogen-bond donors (Lipinski definition) is 2. The van der Waals surface area contributed by atoms with E-state index in [4.69, 9.17) is 19.8 Å². The lowest BCUT2D eigenvalue weighted by molar-refractivity contribution is -0.138. The molecule has 28 heavy (non-hydrogen) atoms. The molecule has 0 aromatic heterocycles. The summed E-state index contributed by atoms with van der Waals surface area (Å²) in [6.45, 7) is 6.69. The Kier molecular flexibility index (Phi) is 7.48. The maximum Gasteiger partial charge on any atom is 0.404 e. The summed E-state index contributed by atoms with van der Waals surface area (Å²) in [6.07, 6.45) is 1.25. The van der Waals surface area contributed by atoms with Gasteiger partial charge in [0.15, 0.2) is 0 Å². The standard InChI is InChI=1S/C20H28N4O4/c21-11-16-3-5-17(6-4-16)27-10-2-9-24-14-18-12-23(13-19(15-24)28-18)8-1-7-22-20(25)26/h3-6,18-19,22H,1-2,7-10,12-15H2,(H,25,26). The molecule has 2 aliphatic rings. The number of nitrogens with one attached hydrogen (secondary N) is 1. The van der Waals surface area contributed by atoms with E-state index in [1.807, 2.05) is 12.1 Å². The predicted octanol–water partition coefficient (Wildman–Crippen LogP) is 1.37. The van der Waals surface area contributed by atoms with Crippen LogP contribution in [0, 0.1) is 11.3 Å². The Hall–Kier alpha value is -2.34. The molecular weight excluding hydrogens is 360 g/mol. The minimum Gasteiger partial charge on any atom is -0.494 e. The number of carbonyl (C=O) groups is 1. The summed E-state index contributed by atoms with van der Waals surface area (Å²) in [6, 6.07) is 9.30. The second kappa shape index (κ2) is 10.3. The molecule has 2 aliphatic heterocycles. The monoisotopic (exact) mass is 388 g/mol. The third-order valence-electron chi connectivity index (χ3n) is 5.03. The molecule has 0 aliphatic carbocycles.